The molecule has 0 heterocycles. The molecule has 0 atom stereocenters. The van der Waals surface area contributed by atoms with Crippen LogP contribution in [0.1, 0.15) is 40.5 Å². The minimum atomic E-state index is 0.778. The van der Waals surface area contributed by atoms with E-state index in [0.29, 0.717) is 0 Å². The molecule has 0 aliphatic rings. The van der Waals surface area contributed by atoms with Gasteiger partial charge in [0.1, 0.15) is 0 Å². The third-order valence-corrected chi connectivity index (χ3v) is 1.53. The summed E-state index contributed by atoms with van der Waals surface area (Å²) in [5.41, 5.74) is 1.39. The van der Waals surface area contributed by atoms with Crippen LogP contribution >= 0.6 is 0 Å². The number of allylic oxidation sites excluding steroid dienone is 4. The van der Waals surface area contributed by atoms with Crippen molar-refractivity contribution < 1.29 is 0 Å². The van der Waals surface area contributed by atoms with Crippen LogP contribution in [0.2, 0.25) is 0 Å². The molecule has 0 aliphatic carbocycles. The van der Waals surface area contributed by atoms with Crippen LogP contribution in [0.3, 0.4) is 0 Å². The van der Waals surface area contributed by atoms with Crippen molar-refractivity contribution >= 4 is 0 Å². The molecule has 0 N–H and O–H groups in total. The first-order valence-corrected chi connectivity index (χ1v) is 4.50. The molecule has 0 unspecified atom stereocenters. The fourth-order valence-corrected chi connectivity index (χ4v) is 0.793. The van der Waals surface area contributed by atoms with Gasteiger partial charge in [-0.3, -0.25) is 0 Å². The number of hydrogen-bond acceptors (Lipinski definition) is 0. The van der Waals surface area contributed by atoms with Gasteiger partial charge in [0, 0.05) is 0 Å². The molecule has 0 aliphatic heterocycles. The zero-order valence-electron chi connectivity index (χ0n) is 8.22. The predicted molar refractivity (Wildman–Crippen MR) is 52.6 cm³/mol. The first kappa shape index (κ1) is 10.5. The molecular weight excluding hydrogens is 132 g/mol. The second-order valence-corrected chi connectivity index (χ2v) is 3.39. The lowest BCUT2D eigenvalue weighted by Crippen LogP contribution is -1.82. The Bertz CT molecular complexity index is 138. The Kier molecular flexibility index (Phi) is 5.91. The second-order valence-electron chi connectivity index (χ2n) is 3.39. The molecule has 0 spiro atoms. The molecular formula is C11H20. The van der Waals surface area contributed by atoms with E-state index >= 15 is 0 Å². The first-order valence-electron chi connectivity index (χ1n) is 4.50. The van der Waals surface area contributed by atoms with E-state index in [2.05, 4.69) is 45.9 Å². The van der Waals surface area contributed by atoms with Crippen LogP contribution in [-0.4, -0.2) is 0 Å². The van der Waals surface area contributed by atoms with Crippen molar-refractivity contribution in [3.05, 3.63) is 23.8 Å². The van der Waals surface area contributed by atoms with E-state index in [9.17, 15) is 0 Å². The highest BCUT2D eigenvalue weighted by atomic mass is 13.9. The highest BCUT2D eigenvalue weighted by Crippen LogP contribution is 2.05. The molecule has 0 radical (unpaired) electrons. The third-order valence-electron chi connectivity index (χ3n) is 1.53. The quantitative estimate of drug-likeness (QED) is 0.535. The summed E-state index contributed by atoms with van der Waals surface area (Å²) in [7, 11) is 0. The van der Waals surface area contributed by atoms with E-state index in [4.69, 9.17) is 0 Å². The third kappa shape index (κ3) is 7.38. The van der Waals surface area contributed by atoms with E-state index in [-0.39, 0.29) is 0 Å². The highest BCUT2D eigenvalue weighted by molar-refractivity contribution is 5.15. The van der Waals surface area contributed by atoms with Crippen LogP contribution in [-0.2, 0) is 0 Å². The van der Waals surface area contributed by atoms with Crippen LogP contribution in [0, 0.1) is 5.92 Å². The minimum absolute atomic E-state index is 0.778. The molecule has 0 aromatic rings. The zero-order chi connectivity index (χ0) is 8.69. The maximum atomic E-state index is 2.30. The summed E-state index contributed by atoms with van der Waals surface area (Å²) in [5.74, 6) is 0.778. The molecule has 0 saturated carbocycles. The van der Waals surface area contributed by atoms with Crippen molar-refractivity contribution in [3.8, 4) is 0 Å². The van der Waals surface area contributed by atoms with Gasteiger partial charge in [-0.2, -0.15) is 0 Å². The lowest BCUT2D eigenvalue weighted by molar-refractivity contribution is 0.662. The molecule has 0 nitrogen and oxygen atoms in total. The summed E-state index contributed by atoms with van der Waals surface area (Å²) in [5, 5.41) is 0. The van der Waals surface area contributed by atoms with E-state index in [1.165, 1.54) is 12.0 Å². The summed E-state index contributed by atoms with van der Waals surface area (Å²) >= 11 is 0. The zero-order valence-corrected chi connectivity index (χ0v) is 8.22. The Labute approximate surface area is 71.0 Å². The number of hydrogen-bond donors (Lipinski definition) is 0. The fraction of sp³-hybridized carbons (Fsp3) is 0.636. The maximum absolute atomic E-state index is 2.30. The van der Waals surface area contributed by atoms with E-state index in [1.807, 2.05) is 0 Å². The number of rotatable bonds is 4. The summed E-state index contributed by atoms with van der Waals surface area (Å²) in [6.45, 7) is 8.81. The monoisotopic (exact) mass is 152 g/mol. The molecule has 0 amide bonds. The van der Waals surface area contributed by atoms with Gasteiger partial charge < -0.3 is 0 Å². The van der Waals surface area contributed by atoms with Gasteiger partial charge >= 0.3 is 0 Å². The van der Waals surface area contributed by atoms with E-state index in [0.717, 1.165) is 12.3 Å². The molecule has 0 bridgehead atoms. The lowest BCUT2D eigenvalue weighted by atomic mass is 10.1. The molecule has 0 rings (SSSR count). The Morgan fingerprint density at radius 1 is 1.36 bits per heavy atom. The molecule has 0 saturated heterocycles. The normalized spacial score (nSPS) is 13.4. The standard InChI is InChI=1S/C11H20/c1-5-6-7-11(4)9-8-10(2)3/h6-7,9-10H,5,8H2,1-4H3/b7-6-,11-9-. The van der Waals surface area contributed by atoms with E-state index in [1.54, 1.807) is 0 Å². The van der Waals surface area contributed by atoms with Gasteiger partial charge in [0.05, 0.1) is 0 Å². The van der Waals surface area contributed by atoms with Crippen LogP contribution in [0.15, 0.2) is 23.8 Å². The van der Waals surface area contributed by atoms with Crippen LogP contribution in [0.25, 0.3) is 0 Å². The Hall–Kier alpha value is -0.520. The Morgan fingerprint density at radius 3 is 2.45 bits per heavy atom. The Balaban J connectivity index is 3.71. The van der Waals surface area contributed by atoms with Crippen LogP contribution in [0.5, 0.6) is 0 Å². The van der Waals surface area contributed by atoms with Gasteiger partial charge in [0.15, 0.2) is 0 Å². The molecule has 0 fully saturated rings. The minimum Gasteiger partial charge on any atom is -0.0846 e. The van der Waals surface area contributed by atoms with Crippen molar-refractivity contribution in [1.82, 2.24) is 0 Å². The van der Waals surface area contributed by atoms with Crippen molar-refractivity contribution in [2.75, 3.05) is 0 Å². The summed E-state index contributed by atoms with van der Waals surface area (Å²) < 4.78 is 0. The maximum Gasteiger partial charge on any atom is -0.0322 e. The van der Waals surface area contributed by atoms with Crippen molar-refractivity contribution in [2.24, 2.45) is 5.92 Å². The van der Waals surface area contributed by atoms with Crippen LogP contribution < -0.4 is 0 Å². The molecule has 64 valence electrons. The van der Waals surface area contributed by atoms with Gasteiger partial charge in [-0.05, 0) is 25.7 Å². The van der Waals surface area contributed by atoms with Gasteiger partial charge in [0.25, 0.3) is 0 Å². The molecule has 0 heteroatoms. The average molecular weight is 152 g/mol. The van der Waals surface area contributed by atoms with Crippen molar-refractivity contribution in [1.29, 1.82) is 0 Å². The topological polar surface area (TPSA) is 0 Å². The molecule has 0 aromatic heterocycles. The van der Waals surface area contributed by atoms with Crippen molar-refractivity contribution in [2.45, 2.75) is 40.5 Å². The fourth-order valence-electron chi connectivity index (χ4n) is 0.793. The molecule has 0 aromatic carbocycles. The van der Waals surface area contributed by atoms with Crippen LogP contribution in [0.4, 0.5) is 0 Å². The van der Waals surface area contributed by atoms with Gasteiger partial charge in [-0.1, -0.05) is 44.6 Å². The SMILES string of the molecule is CC/C=C\C(C)=C/CC(C)C. The Morgan fingerprint density at radius 2 is 2.00 bits per heavy atom. The van der Waals surface area contributed by atoms with Crippen molar-refractivity contribution in [3.63, 3.8) is 0 Å². The second kappa shape index (κ2) is 6.21. The predicted octanol–water partition coefficient (Wildman–Crippen LogP) is 3.95. The largest absolute Gasteiger partial charge is 0.0846 e. The average Bonchev–Trinajstić information content (AvgIpc) is 1.97. The molecule has 11 heavy (non-hydrogen) atoms. The van der Waals surface area contributed by atoms with Gasteiger partial charge in [-0.25, -0.2) is 0 Å². The first-order chi connectivity index (χ1) is 5.16. The smallest absolute Gasteiger partial charge is 0.0322 e. The highest BCUT2D eigenvalue weighted by Gasteiger charge is 1.88. The summed E-state index contributed by atoms with van der Waals surface area (Å²) in [6, 6.07) is 0. The summed E-state index contributed by atoms with van der Waals surface area (Å²) in [4.78, 5) is 0. The van der Waals surface area contributed by atoms with E-state index < -0.39 is 0 Å². The lowest BCUT2D eigenvalue weighted by Gasteiger charge is -1.98. The van der Waals surface area contributed by atoms with Gasteiger partial charge in [0.2, 0.25) is 0 Å². The van der Waals surface area contributed by atoms with Gasteiger partial charge in [-0.15, -0.1) is 0 Å². The summed E-state index contributed by atoms with van der Waals surface area (Å²) in [6.07, 6.45) is 9.03.